The average Bonchev–Trinajstić information content (AvgIpc) is 3.13. The fourth-order valence-corrected chi connectivity index (χ4v) is 2.99. The molecule has 3 rings (SSSR count). The number of nitrogens with zero attached hydrogens (tertiary/aromatic N) is 1. The fraction of sp³-hybridized carbons (Fsp3) is 0.600. The number of halogens is 1. The van der Waals surface area contributed by atoms with E-state index < -0.39 is 0 Å². The molecular weight excluding hydrogens is 227 g/mol. The Morgan fingerprint density at radius 1 is 1.44 bits per heavy atom. The summed E-state index contributed by atoms with van der Waals surface area (Å²) in [6, 6.07) is 5.78. The van der Waals surface area contributed by atoms with Crippen molar-refractivity contribution < 1.29 is 4.39 Å². The lowest BCUT2D eigenvalue weighted by Crippen LogP contribution is -2.42. The number of benzene rings is 1. The molecule has 1 saturated carbocycles. The molecular formula is C15H21FN2. The quantitative estimate of drug-likeness (QED) is 0.861. The zero-order chi connectivity index (χ0) is 12.5. The molecule has 0 spiro atoms. The maximum absolute atomic E-state index is 13.3. The van der Waals surface area contributed by atoms with Gasteiger partial charge in [0, 0.05) is 24.8 Å². The zero-order valence-electron chi connectivity index (χ0n) is 11.0. The van der Waals surface area contributed by atoms with Crippen LogP contribution in [-0.4, -0.2) is 25.7 Å². The summed E-state index contributed by atoms with van der Waals surface area (Å²) in [7, 11) is 0. The van der Waals surface area contributed by atoms with Crippen molar-refractivity contribution in [1.29, 1.82) is 0 Å². The van der Waals surface area contributed by atoms with E-state index in [-0.39, 0.29) is 5.82 Å². The van der Waals surface area contributed by atoms with Crippen LogP contribution in [0.2, 0.25) is 0 Å². The van der Waals surface area contributed by atoms with Crippen molar-refractivity contribution in [3.8, 4) is 0 Å². The highest BCUT2D eigenvalue weighted by Gasteiger charge is 2.33. The summed E-state index contributed by atoms with van der Waals surface area (Å²) in [5.41, 5.74) is 2.40. The van der Waals surface area contributed by atoms with Crippen molar-refractivity contribution in [2.75, 3.05) is 24.5 Å². The molecule has 0 saturated heterocycles. The third-order valence-corrected chi connectivity index (χ3v) is 4.11. The van der Waals surface area contributed by atoms with Gasteiger partial charge in [0.05, 0.1) is 0 Å². The number of rotatable bonds is 5. The smallest absolute Gasteiger partial charge is 0.125 e. The molecule has 1 atom stereocenters. The van der Waals surface area contributed by atoms with Gasteiger partial charge in [-0.3, -0.25) is 0 Å². The Labute approximate surface area is 108 Å². The van der Waals surface area contributed by atoms with Crippen molar-refractivity contribution in [3.63, 3.8) is 0 Å². The van der Waals surface area contributed by atoms with Gasteiger partial charge in [0.15, 0.2) is 0 Å². The second-order valence-electron chi connectivity index (χ2n) is 5.47. The van der Waals surface area contributed by atoms with Gasteiger partial charge in [-0.05, 0) is 49.4 Å². The highest BCUT2D eigenvalue weighted by molar-refractivity contribution is 5.58. The molecule has 18 heavy (non-hydrogen) atoms. The molecule has 1 aromatic carbocycles. The van der Waals surface area contributed by atoms with Crippen LogP contribution in [-0.2, 0) is 6.42 Å². The van der Waals surface area contributed by atoms with Gasteiger partial charge in [-0.1, -0.05) is 13.0 Å². The van der Waals surface area contributed by atoms with Crippen molar-refractivity contribution in [2.45, 2.75) is 32.2 Å². The van der Waals surface area contributed by atoms with Gasteiger partial charge in [-0.2, -0.15) is 0 Å². The van der Waals surface area contributed by atoms with Crippen molar-refractivity contribution in [3.05, 3.63) is 29.6 Å². The third-order valence-electron chi connectivity index (χ3n) is 4.11. The molecule has 1 N–H and O–H groups in total. The first-order valence-corrected chi connectivity index (χ1v) is 7.04. The maximum Gasteiger partial charge on any atom is 0.125 e. The molecule has 98 valence electrons. The van der Waals surface area contributed by atoms with Gasteiger partial charge < -0.3 is 10.2 Å². The Kier molecular flexibility index (Phi) is 3.25. The summed E-state index contributed by atoms with van der Waals surface area (Å²) in [6.07, 6.45) is 3.75. The van der Waals surface area contributed by atoms with E-state index >= 15 is 0 Å². The summed E-state index contributed by atoms with van der Waals surface area (Å²) in [6.45, 7) is 5.24. The Bertz CT molecular complexity index is 429. The molecule has 2 nitrogen and oxygen atoms in total. The third kappa shape index (κ3) is 2.37. The molecule has 0 amide bonds. The molecule has 2 aliphatic rings. The van der Waals surface area contributed by atoms with Crippen LogP contribution in [0, 0.1) is 11.7 Å². The van der Waals surface area contributed by atoms with Crippen LogP contribution in [0.15, 0.2) is 18.2 Å². The number of fused-ring (bicyclic) bond motifs is 1. The van der Waals surface area contributed by atoms with E-state index in [1.54, 1.807) is 12.1 Å². The van der Waals surface area contributed by atoms with Crippen LogP contribution in [0.1, 0.15) is 25.3 Å². The molecule has 1 fully saturated rings. The molecule has 1 heterocycles. The predicted octanol–water partition coefficient (Wildman–Crippen LogP) is 2.58. The SMILES string of the molecule is CCNC(CN1CCc2ccc(F)cc21)C1CC1. The number of hydrogen-bond acceptors (Lipinski definition) is 2. The monoisotopic (exact) mass is 248 g/mol. The van der Waals surface area contributed by atoms with E-state index in [1.807, 2.05) is 6.07 Å². The minimum atomic E-state index is -0.118. The normalized spacial score (nSPS) is 20.0. The first-order chi connectivity index (χ1) is 8.78. The Hall–Kier alpha value is -1.09. The lowest BCUT2D eigenvalue weighted by atomic mass is 10.1. The standard InChI is InChI=1S/C15H21FN2/c1-2-17-14(11-3-4-11)10-18-8-7-12-5-6-13(16)9-15(12)18/h5-6,9,11,14,17H,2-4,7-8,10H2,1H3. The fourth-order valence-electron chi connectivity index (χ4n) is 2.99. The lowest BCUT2D eigenvalue weighted by Gasteiger charge is -2.26. The number of nitrogens with one attached hydrogen (secondary N) is 1. The van der Waals surface area contributed by atoms with Crippen LogP contribution < -0.4 is 10.2 Å². The summed E-state index contributed by atoms with van der Waals surface area (Å²) >= 11 is 0. The first-order valence-electron chi connectivity index (χ1n) is 7.04. The van der Waals surface area contributed by atoms with Crippen LogP contribution in [0.25, 0.3) is 0 Å². The molecule has 0 bridgehead atoms. The van der Waals surface area contributed by atoms with Gasteiger partial charge in [-0.15, -0.1) is 0 Å². The highest BCUT2D eigenvalue weighted by Crippen LogP contribution is 2.35. The van der Waals surface area contributed by atoms with E-state index in [4.69, 9.17) is 0 Å². The second kappa shape index (κ2) is 4.88. The molecule has 0 radical (unpaired) electrons. The molecule has 1 aliphatic carbocycles. The van der Waals surface area contributed by atoms with Gasteiger partial charge in [0.25, 0.3) is 0 Å². The number of likely N-dealkylation sites (N-methyl/N-ethyl adjacent to an activating group) is 1. The van der Waals surface area contributed by atoms with E-state index in [0.29, 0.717) is 6.04 Å². The van der Waals surface area contributed by atoms with E-state index in [0.717, 1.165) is 37.7 Å². The first kappa shape index (κ1) is 12.0. The summed E-state index contributed by atoms with van der Waals surface area (Å²) in [4.78, 5) is 2.35. The highest BCUT2D eigenvalue weighted by atomic mass is 19.1. The molecule has 1 aromatic rings. The van der Waals surface area contributed by atoms with Gasteiger partial charge >= 0.3 is 0 Å². The topological polar surface area (TPSA) is 15.3 Å². The minimum Gasteiger partial charge on any atom is -0.369 e. The largest absolute Gasteiger partial charge is 0.369 e. The van der Waals surface area contributed by atoms with E-state index in [2.05, 4.69) is 17.1 Å². The predicted molar refractivity (Wildman–Crippen MR) is 72.5 cm³/mol. The van der Waals surface area contributed by atoms with Crippen molar-refractivity contribution in [1.82, 2.24) is 5.32 Å². The Morgan fingerprint density at radius 2 is 2.28 bits per heavy atom. The average molecular weight is 248 g/mol. The lowest BCUT2D eigenvalue weighted by molar-refractivity contribution is 0.471. The Morgan fingerprint density at radius 3 is 3.00 bits per heavy atom. The number of hydrogen-bond donors (Lipinski definition) is 1. The van der Waals surface area contributed by atoms with E-state index in [9.17, 15) is 4.39 Å². The molecule has 1 unspecified atom stereocenters. The Balaban J connectivity index is 1.72. The van der Waals surface area contributed by atoms with Crippen molar-refractivity contribution in [2.24, 2.45) is 5.92 Å². The van der Waals surface area contributed by atoms with Gasteiger partial charge in [0.1, 0.15) is 5.82 Å². The van der Waals surface area contributed by atoms with Crippen molar-refractivity contribution >= 4 is 5.69 Å². The summed E-state index contributed by atoms with van der Waals surface area (Å²) in [5, 5.41) is 3.58. The van der Waals surface area contributed by atoms with Crippen LogP contribution >= 0.6 is 0 Å². The second-order valence-corrected chi connectivity index (χ2v) is 5.47. The molecule has 1 aliphatic heterocycles. The summed E-state index contributed by atoms with van der Waals surface area (Å²) in [5.74, 6) is 0.717. The minimum absolute atomic E-state index is 0.118. The van der Waals surface area contributed by atoms with E-state index in [1.165, 1.54) is 18.4 Å². The molecule has 3 heteroatoms. The van der Waals surface area contributed by atoms with Gasteiger partial charge in [-0.25, -0.2) is 4.39 Å². The van der Waals surface area contributed by atoms with Gasteiger partial charge in [0.2, 0.25) is 0 Å². The maximum atomic E-state index is 13.3. The zero-order valence-corrected chi connectivity index (χ0v) is 11.0. The summed E-state index contributed by atoms with van der Waals surface area (Å²) < 4.78 is 13.3. The molecule has 0 aromatic heterocycles. The van der Waals surface area contributed by atoms with Crippen LogP contribution in [0.3, 0.4) is 0 Å². The van der Waals surface area contributed by atoms with Crippen LogP contribution in [0.4, 0.5) is 10.1 Å². The number of anilines is 1. The van der Waals surface area contributed by atoms with Crippen LogP contribution in [0.5, 0.6) is 0 Å².